The molecule has 3 heteroatoms. The third-order valence-electron chi connectivity index (χ3n) is 3.63. The van der Waals surface area contributed by atoms with E-state index in [1.165, 1.54) is 0 Å². The highest BCUT2D eigenvalue weighted by molar-refractivity contribution is 6.09. The molecule has 3 rings (SSSR count). The predicted octanol–water partition coefficient (Wildman–Crippen LogP) is 2.29. The summed E-state index contributed by atoms with van der Waals surface area (Å²) in [4.78, 5) is 16.0. The van der Waals surface area contributed by atoms with Crippen molar-refractivity contribution in [2.75, 3.05) is 7.05 Å². The smallest absolute Gasteiger partial charge is 0.226 e. The molecule has 0 amide bonds. The number of fused-ring (bicyclic) bond motifs is 1. The van der Waals surface area contributed by atoms with Crippen LogP contribution >= 0.6 is 0 Å². The van der Waals surface area contributed by atoms with Crippen LogP contribution in [0, 0.1) is 0 Å². The monoisotopic (exact) mass is 265 g/mol. The van der Waals surface area contributed by atoms with Crippen molar-refractivity contribution in [1.82, 2.24) is 4.98 Å². The second kappa shape index (κ2) is 5.31. The van der Waals surface area contributed by atoms with Crippen LogP contribution in [0.15, 0.2) is 60.8 Å². The molecular weight excluding hydrogens is 248 g/mol. The Bertz CT molecular complexity index is 731. The lowest BCUT2D eigenvalue weighted by atomic mass is 9.97. The molecule has 0 bridgehead atoms. The molecule has 0 aliphatic rings. The molecule has 0 radical (unpaired) electrons. The van der Waals surface area contributed by atoms with Crippen LogP contribution in [0.1, 0.15) is 22.0 Å². The third kappa shape index (κ3) is 2.12. The Morgan fingerprint density at radius 3 is 2.50 bits per heavy atom. The Morgan fingerprint density at radius 1 is 1.05 bits per heavy atom. The number of nitrogens with two attached hydrogens (primary N) is 1. The molecule has 0 aliphatic heterocycles. The number of hydrogen-bond donors (Lipinski definition) is 2. The Labute approximate surface area is 117 Å². The lowest BCUT2D eigenvalue weighted by Crippen LogP contribution is -2.82. The number of quaternary nitrogens is 1. The van der Waals surface area contributed by atoms with Crippen molar-refractivity contribution in [2.45, 2.75) is 6.04 Å². The number of rotatable bonds is 4. The van der Waals surface area contributed by atoms with E-state index in [1.807, 2.05) is 73.2 Å². The zero-order valence-electron chi connectivity index (χ0n) is 11.3. The van der Waals surface area contributed by atoms with Crippen molar-refractivity contribution < 1.29 is 10.1 Å². The van der Waals surface area contributed by atoms with Crippen LogP contribution in [-0.4, -0.2) is 17.8 Å². The van der Waals surface area contributed by atoms with Gasteiger partial charge < -0.3 is 10.3 Å². The van der Waals surface area contributed by atoms with Gasteiger partial charge in [-0.1, -0.05) is 48.5 Å². The first kappa shape index (κ1) is 12.6. The van der Waals surface area contributed by atoms with Gasteiger partial charge in [0.1, 0.15) is 0 Å². The number of likely N-dealkylation sites (N-methyl/N-ethyl adjacent to an activating group) is 1. The highest BCUT2D eigenvalue weighted by Gasteiger charge is 2.25. The number of aromatic amines is 1. The van der Waals surface area contributed by atoms with Crippen molar-refractivity contribution in [1.29, 1.82) is 0 Å². The van der Waals surface area contributed by atoms with Gasteiger partial charge in [0.15, 0.2) is 6.04 Å². The van der Waals surface area contributed by atoms with Gasteiger partial charge in [-0.3, -0.25) is 4.79 Å². The topological polar surface area (TPSA) is 49.5 Å². The molecule has 3 nitrogen and oxygen atoms in total. The first-order valence-electron chi connectivity index (χ1n) is 6.76. The molecule has 0 saturated heterocycles. The number of aromatic nitrogens is 1. The van der Waals surface area contributed by atoms with E-state index in [2.05, 4.69) is 4.98 Å². The highest BCUT2D eigenvalue weighted by Crippen LogP contribution is 2.22. The number of para-hydroxylation sites is 1. The number of carbonyl (C=O) groups excluding carboxylic acids is 1. The normalized spacial score (nSPS) is 12.4. The minimum Gasteiger partial charge on any atom is -0.360 e. The zero-order chi connectivity index (χ0) is 13.9. The molecule has 1 aromatic heterocycles. The van der Waals surface area contributed by atoms with Crippen molar-refractivity contribution in [3.8, 4) is 0 Å². The zero-order valence-corrected chi connectivity index (χ0v) is 11.3. The number of carbonyl (C=O) groups is 1. The van der Waals surface area contributed by atoms with Crippen LogP contribution in [0.4, 0.5) is 0 Å². The number of Topliss-reactive ketones (excluding diaryl/α,β-unsaturated/α-hetero) is 1. The van der Waals surface area contributed by atoms with E-state index in [9.17, 15) is 4.79 Å². The Balaban J connectivity index is 2.03. The molecule has 0 spiro atoms. The quantitative estimate of drug-likeness (QED) is 0.699. The lowest BCUT2D eigenvalue weighted by molar-refractivity contribution is -0.654. The summed E-state index contributed by atoms with van der Waals surface area (Å²) in [6.45, 7) is 0. The molecule has 20 heavy (non-hydrogen) atoms. The second-order valence-electron chi connectivity index (χ2n) is 4.83. The van der Waals surface area contributed by atoms with E-state index in [0.717, 1.165) is 22.0 Å². The molecule has 0 fully saturated rings. The van der Waals surface area contributed by atoms with Crippen molar-refractivity contribution >= 4 is 16.7 Å². The van der Waals surface area contributed by atoms with Gasteiger partial charge in [0.25, 0.3) is 0 Å². The minimum absolute atomic E-state index is 0.135. The van der Waals surface area contributed by atoms with Crippen LogP contribution in [0.5, 0.6) is 0 Å². The van der Waals surface area contributed by atoms with Crippen molar-refractivity contribution in [3.63, 3.8) is 0 Å². The molecular formula is C17H17N2O+. The van der Waals surface area contributed by atoms with Gasteiger partial charge in [0, 0.05) is 28.2 Å². The molecule has 100 valence electrons. The molecule has 3 aromatic rings. The Hall–Kier alpha value is -2.39. The molecule has 1 heterocycles. The van der Waals surface area contributed by atoms with Gasteiger partial charge in [0.05, 0.1) is 7.05 Å². The fourth-order valence-corrected chi connectivity index (χ4v) is 2.60. The standard InChI is InChI=1S/C17H16N2O/c1-18-16(12-7-3-2-4-8-12)17(20)14-11-19-15-10-6-5-9-13(14)15/h2-11,16,18-19H,1H3/p+1/t16-/m0/s1. The maximum Gasteiger partial charge on any atom is 0.226 e. The number of benzene rings is 2. The van der Waals surface area contributed by atoms with Gasteiger partial charge in [-0.25, -0.2) is 0 Å². The van der Waals surface area contributed by atoms with Crippen LogP contribution in [0.3, 0.4) is 0 Å². The largest absolute Gasteiger partial charge is 0.360 e. The summed E-state index contributed by atoms with van der Waals surface area (Å²) in [5, 5.41) is 2.94. The summed E-state index contributed by atoms with van der Waals surface area (Å²) in [6, 6.07) is 17.6. The summed E-state index contributed by atoms with van der Waals surface area (Å²) >= 11 is 0. The summed E-state index contributed by atoms with van der Waals surface area (Å²) in [5.41, 5.74) is 2.79. The van der Waals surface area contributed by atoms with E-state index in [-0.39, 0.29) is 11.8 Å². The second-order valence-corrected chi connectivity index (χ2v) is 4.83. The van der Waals surface area contributed by atoms with Crippen molar-refractivity contribution in [2.24, 2.45) is 0 Å². The Morgan fingerprint density at radius 2 is 1.75 bits per heavy atom. The van der Waals surface area contributed by atoms with Gasteiger partial charge in [-0.05, 0) is 6.07 Å². The van der Waals surface area contributed by atoms with Crippen LogP contribution in [0.2, 0.25) is 0 Å². The van der Waals surface area contributed by atoms with E-state index in [4.69, 9.17) is 0 Å². The molecule has 2 aromatic carbocycles. The third-order valence-corrected chi connectivity index (χ3v) is 3.63. The maximum absolute atomic E-state index is 12.8. The summed E-state index contributed by atoms with van der Waals surface area (Å²) < 4.78 is 0. The van der Waals surface area contributed by atoms with E-state index in [1.54, 1.807) is 0 Å². The maximum atomic E-state index is 12.8. The first-order valence-corrected chi connectivity index (χ1v) is 6.76. The van der Waals surface area contributed by atoms with E-state index < -0.39 is 0 Å². The predicted molar refractivity (Wildman–Crippen MR) is 79.7 cm³/mol. The summed E-state index contributed by atoms with van der Waals surface area (Å²) in [5.74, 6) is 0.135. The Kier molecular flexibility index (Phi) is 3.35. The SMILES string of the molecule is C[NH2+][C@H](C(=O)c1c[nH]c2ccccc12)c1ccccc1. The van der Waals surface area contributed by atoms with Gasteiger partial charge in [0.2, 0.25) is 5.78 Å². The average Bonchev–Trinajstić information content (AvgIpc) is 2.93. The minimum atomic E-state index is -0.199. The first-order chi connectivity index (χ1) is 9.81. The van der Waals surface area contributed by atoms with Crippen LogP contribution in [-0.2, 0) is 0 Å². The van der Waals surface area contributed by atoms with Crippen LogP contribution in [0.25, 0.3) is 10.9 Å². The van der Waals surface area contributed by atoms with Crippen LogP contribution < -0.4 is 5.32 Å². The molecule has 0 saturated carbocycles. The van der Waals surface area contributed by atoms with Gasteiger partial charge in [-0.15, -0.1) is 0 Å². The number of ketones is 1. The fraction of sp³-hybridized carbons (Fsp3) is 0.118. The number of H-pyrrole nitrogens is 1. The highest BCUT2D eigenvalue weighted by atomic mass is 16.1. The summed E-state index contributed by atoms with van der Waals surface area (Å²) in [6.07, 6.45) is 1.81. The average molecular weight is 265 g/mol. The van der Waals surface area contributed by atoms with Gasteiger partial charge >= 0.3 is 0 Å². The van der Waals surface area contributed by atoms with Crippen molar-refractivity contribution in [3.05, 3.63) is 71.9 Å². The van der Waals surface area contributed by atoms with E-state index >= 15 is 0 Å². The fourth-order valence-electron chi connectivity index (χ4n) is 2.60. The number of nitrogens with one attached hydrogen (secondary N) is 1. The molecule has 1 atom stereocenters. The van der Waals surface area contributed by atoms with E-state index in [0.29, 0.717) is 0 Å². The van der Waals surface area contributed by atoms with Gasteiger partial charge in [-0.2, -0.15) is 0 Å². The lowest BCUT2D eigenvalue weighted by Gasteiger charge is -2.11. The summed E-state index contributed by atoms with van der Waals surface area (Å²) in [7, 11) is 1.93. The molecule has 3 N–H and O–H groups in total. The number of hydrogen-bond acceptors (Lipinski definition) is 1. The molecule has 0 aliphatic carbocycles. The molecule has 0 unspecified atom stereocenters.